The molecule has 2 rings (SSSR count). The normalized spacial score (nSPS) is 10.0. The summed E-state index contributed by atoms with van der Waals surface area (Å²) in [5, 5.41) is 3.11. The topological polar surface area (TPSA) is 34.1 Å². The van der Waals surface area contributed by atoms with Gasteiger partial charge in [-0.15, -0.1) is 0 Å². The Morgan fingerprint density at radius 1 is 1.24 bits per heavy atom. The van der Waals surface area contributed by atoms with Gasteiger partial charge in [-0.1, -0.05) is 18.2 Å². The lowest BCUT2D eigenvalue weighted by Crippen LogP contribution is -2.02. The molecule has 3 nitrogen and oxygen atoms in total. The number of hydrogen-bond acceptors (Lipinski definition) is 3. The van der Waals surface area contributed by atoms with Crippen LogP contribution >= 0.6 is 0 Å². The molecular formula is C13H13FN2O. The first-order chi connectivity index (χ1) is 8.28. The van der Waals surface area contributed by atoms with Gasteiger partial charge in [0.05, 0.1) is 7.11 Å². The lowest BCUT2D eigenvalue weighted by Gasteiger charge is -2.07. The van der Waals surface area contributed by atoms with E-state index in [4.69, 9.17) is 4.74 Å². The molecule has 0 unspecified atom stereocenters. The second-order valence-corrected chi connectivity index (χ2v) is 3.55. The van der Waals surface area contributed by atoms with Gasteiger partial charge < -0.3 is 10.1 Å². The van der Waals surface area contributed by atoms with Gasteiger partial charge in [-0.2, -0.15) is 4.98 Å². The third-order valence-corrected chi connectivity index (χ3v) is 2.30. The van der Waals surface area contributed by atoms with Crippen molar-refractivity contribution in [2.75, 3.05) is 12.4 Å². The second-order valence-electron chi connectivity index (χ2n) is 3.55. The molecule has 0 aliphatic heterocycles. The molecule has 0 fully saturated rings. The molecular weight excluding hydrogens is 219 g/mol. The van der Waals surface area contributed by atoms with E-state index >= 15 is 0 Å². The molecule has 0 saturated carbocycles. The lowest BCUT2D eigenvalue weighted by atomic mass is 10.2. The van der Waals surface area contributed by atoms with E-state index in [-0.39, 0.29) is 5.82 Å². The SMILES string of the molecule is COc1cccc(NCc2cccc(F)c2)n1. The molecule has 17 heavy (non-hydrogen) atoms. The number of anilines is 1. The van der Waals surface area contributed by atoms with Crippen LogP contribution in [0.4, 0.5) is 10.2 Å². The smallest absolute Gasteiger partial charge is 0.214 e. The van der Waals surface area contributed by atoms with Crippen LogP contribution in [0.25, 0.3) is 0 Å². The minimum Gasteiger partial charge on any atom is -0.481 e. The van der Waals surface area contributed by atoms with Gasteiger partial charge in [0.25, 0.3) is 0 Å². The Kier molecular flexibility index (Phi) is 3.55. The van der Waals surface area contributed by atoms with Crippen molar-refractivity contribution in [1.82, 2.24) is 4.98 Å². The van der Waals surface area contributed by atoms with E-state index in [2.05, 4.69) is 10.3 Å². The molecule has 1 aromatic heterocycles. The van der Waals surface area contributed by atoms with Crippen LogP contribution in [-0.4, -0.2) is 12.1 Å². The number of hydrogen-bond donors (Lipinski definition) is 1. The van der Waals surface area contributed by atoms with Gasteiger partial charge in [0.1, 0.15) is 11.6 Å². The molecule has 0 radical (unpaired) electrons. The minimum atomic E-state index is -0.233. The highest BCUT2D eigenvalue weighted by Crippen LogP contribution is 2.12. The molecule has 2 aromatic rings. The molecule has 88 valence electrons. The maximum absolute atomic E-state index is 12.9. The average Bonchev–Trinajstić information content (AvgIpc) is 2.37. The monoisotopic (exact) mass is 232 g/mol. The highest BCUT2D eigenvalue weighted by molar-refractivity contribution is 5.38. The summed E-state index contributed by atoms with van der Waals surface area (Å²) in [5.41, 5.74) is 0.870. The van der Waals surface area contributed by atoms with Gasteiger partial charge >= 0.3 is 0 Å². The number of pyridine rings is 1. The molecule has 0 bridgehead atoms. The summed E-state index contributed by atoms with van der Waals surface area (Å²) in [4.78, 5) is 4.20. The van der Waals surface area contributed by atoms with Crippen LogP contribution in [0, 0.1) is 5.82 Å². The van der Waals surface area contributed by atoms with E-state index in [0.29, 0.717) is 18.2 Å². The fourth-order valence-electron chi connectivity index (χ4n) is 1.47. The van der Waals surface area contributed by atoms with E-state index in [1.54, 1.807) is 19.2 Å². The fraction of sp³-hybridized carbons (Fsp3) is 0.154. The van der Waals surface area contributed by atoms with Crippen LogP contribution in [0.15, 0.2) is 42.5 Å². The minimum absolute atomic E-state index is 0.233. The Morgan fingerprint density at radius 2 is 2.06 bits per heavy atom. The molecule has 1 aromatic carbocycles. The average molecular weight is 232 g/mol. The molecule has 4 heteroatoms. The summed E-state index contributed by atoms with van der Waals surface area (Å²) >= 11 is 0. The third kappa shape index (κ3) is 3.17. The van der Waals surface area contributed by atoms with Gasteiger partial charge in [-0.05, 0) is 23.8 Å². The number of rotatable bonds is 4. The summed E-state index contributed by atoms with van der Waals surface area (Å²) in [5.74, 6) is 1.02. The number of benzene rings is 1. The van der Waals surface area contributed by atoms with Crippen LogP contribution in [0.3, 0.4) is 0 Å². The van der Waals surface area contributed by atoms with Gasteiger partial charge in [0.15, 0.2) is 0 Å². The summed E-state index contributed by atoms with van der Waals surface area (Å²) < 4.78 is 18.0. The Labute approximate surface area is 99.3 Å². The molecule has 1 N–H and O–H groups in total. The van der Waals surface area contributed by atoms with Crippen molar-refractivity contribution in [2.24, 2.45) is 0 Å². The molecule has 0 aliphatic carbocycles. The summed E-state index contributed by atoms with van der Waals surface area (Å²) in [6.07, 6.45) is 0. The van der Waals surface area contributed by atoms with E-state index in [9.17, 15) is 4.39 Å². The second kappa shape index (κ2) is 5.30. The first-order valence-electron chi connectivity index (χ1n) is 5.27. The predicted octanol–water partition coefficient (Wildman–Crippen LogP) is 2.84. The highest BCUT2D eigenvalue weighted by Gasteiger charge is 1.98. The van der Waals surface area contributed by atoms with E-state index in [1.807, 2.05) is 18.2 Å². The number of halogens is 1. The van der Waals surface area contributed by atoms with Gasteiger partial charge in [-0.25, -0.2) is 4.39 Å². The molecule has 0 spiro atoms. The third-order valence-electron chi connectivity index (χ3n) is 2.30. The zero-order valence-corrected chi connectivity index (χ0v) is 9.48. The lowest BCUT2D eigenvalue weighted by molar-refractivity contribution is 0.398. The van der Waals surface area contributed by atoms with Crippen molar-refractivity contribution in [3.63, 3.8) is 0 Å². The fourth-order valence-corrected chi connectivity index (χ4v) is 1.47. The zero-order valence-electron chi connectivity index (χ0n) is 9.48. The van der Waals surface area contributed by atoms with Crippen LogP contribution in [-0.2, 0) is 6.54 Å². The number of ether oxygens (including phenoxy) is 1. The van der Waals surface area contributed by atoms with Crippen LogP contribution in [0.5, 0.6) is 5.88 Å². The van der Waals surface area contributed by atoms with Crippen molar-refractivity contribution in [3.05, 3.63) is 53.8 Å². The molecule has 0 aliphatic rings. The summed E-state index contributed by atoms with van der Waals surface area (Å²) in [6.45, 7) is 0.526. The van der Waals surface area contributed by atoms with Crippen LogP contribution in [0.2, 0.25) is 0 Å². The Balaban J connectivity index is 2.02. The highest BCUT2D eigenvalue weighted by atomic mass is 19.1. The first-order valence-corrected chi connectivity index (χ1v) is 5.27. The summed E-state index contributed by atoms with van der Waals surface area (Å²) in [6, 6.07) is 11.9. The number of nitrogens with one attached hydrogen (secondary N) is 1. The van der Waals surface area contributed by atoms with Crippen LogP contribution < -0.4 is 10.1 Å². The Morgan fingerprint density at radius 3 is 2.82 bits per heavy atom. The van der Waals surface area contributed by atoms with Gasteiger partial charge in [-0.3, -0.25) is 0 Å². The van der Waals surface area contributed by atoms with E-state index < -0.39 is 0 Å². The van der Waals surface area contributed by atoms with Gasteiger partial charge in [0, 0.05) is 12.6 Å². The van der Waals surface area contributed by atoms with E-state index in [1.165, 1.54) is 12.1 Å². The van der Waals surface area contributed by atoms with Gasteiger partial charge in [0.2, 0.25) is 5.88 Å². The maximum Gasteiger partial charge on any atom is 0.214 e. The largest absolute Gasteiger partial charge is 0.481 e. The summed E-state index contributed by atoms with van der Waals surface area (Å²) in [7, 11) is 1.57. The van der Waals surface area contributed by atoms with E-state index in [0.717, 1.165) is 5.56 Å². The molecule has 0 atom stereocenters. The van der Waals surface area contributed by atoms with Crippen molar-refractivity contribution < 1.29 is 9.13 Å². The van der Waals surface area contributed by atoms with Crippen molar-refractivity contribution in [2.45, 2.75) is 6.54 Å². The quantitative estimate of drug-likeness (QED) is 0.880. The number of nitrogens with zero attached hydrogens (tertiary/aromatic N) is 1. The molecule has 1 heterocycles. The van der Waals surface area contributed by atoms with Crippen LogP contribution in [0.1, 0.15) is 5.56 Å². The predicted molar refractivity (Wildman–Crippen MR) is 64.5 cm³/mol. The first kappa shape index (κ1) is 11.4. The standard InChI is InChI=1S/C13H13FN2O/c1-17-13-7-3-6-12(16-13)15-9-10-4-2-5-11(14)8-10/h2-8H,9H2,1H3,(H,15,16). The van der Waals surface area contributed by atoms with Crippen molar-refractivity contribution in [3.8, 4) is 5.88 Å². The van der Waals surface area contributed by atoms with Crippen molar-refractivity contribution >= 4 is 5.82 Å². The zero-order chi connectivity index (χ0) is 12.1. The molecule has 0 amide bonds. The molecule has 0 saturated heterocycles. The maximum atomic E-state index is 12.9. The van der Waals surface area contributed by atoms with Crippen molar-refractivity contribution in [1.29, 1.82) is 0 Å². The Bertz CT molecular complexity index is 502. The number of methoxy groups -OCH3 is 1. The number of aromatic nitrogens is 1. The Hall–Kier alpha value is -2.10.